The lowest BCUT2D eigenvalue weighted by atomic mass is 10.1. The zero-order valence-corrected chi connectivity index (χ0v) is 19.3. The van der Waals surface area contributed by atoms with E-state index in [1.54, 1.807) is 12.3 Å². The van der Waals surface area contributed by atoms with Gasteiger partial charge in [-0.1, -0.05) is 30.3 Å². The second-order valence-electron chi connectivity index (χ2n) is 7.80. The maximum atomic E-state index is 11.0. The highest BCUT2D eigenvalue weighted by Gasteiger charge is 2.44. The summed E-state index contributed by atoms with van der Waals surface area (Å²) in [6, 6.07) is 10.5. The Morgan fingerprint density at radius 1 is 1.18 bits per heavy atom. The van der Waals surface area contributed by atoms with Gasteiger partial charge in [0.15, 0.2) is 6.23 Å². The van der Waals surface area contributed by atoms with Crippen LogP contribution in [0.4, 0.5) is 5.82 Å². The van der Waals surface area contributed by atoms with Gasteiger partial charge in [0.1, 0.15) is 36.1 Å². The lowest BCUT2D eigenvalue weighted by molar-refractivity contribution is -0.0610. The highest BCUT2D eigenvalue weighted by molar-refractivity contribution is 7.51. The number of nitrogens with one attached hydrogen (secondary N) is 1. The number of aromatic nitrogens is 3. The Labute approximate surface area is 198 Å². The molecule has 1 fully saturated rings. The van der Waals surface area contributed by atoms with Crippen molar-refractivity contribution in [3.63, 3.8) is 0 Å². The first kappa shape index (κ1) is 25.0. The quantitative estimate of drug-likeness (QED) is 0.177. The summed E-state index contributed by atoms with van der Waals surface area (Å²) in [6.45, 7) is -0.544. The number of halogens is 1. The summed E-state index contributed by atoms with van der Waals surface area (Å²) in [5.41, 5.74) is 1.14. The fourth-order valence-electron chi connectivity index (χ4n) is 3.79. The molecule has 0 bridgehead atoms. The van der Waals surface area contributed by atoms with Crippen LogP contribution in [0.3, 0.4) is 0 Å². The van der Waals surface area contributed by atoms with Crippen LogP contribution in [-0.2, 0) is 14.0 Å². The first-order valence-corrected chi connectivity index (χ1v) is 12.5. The van der Waals surface area contributed by atoms with Crippen molar-refractivity contribution in [2.75, 3.05) is 24.9 Å². The van der Waals surface area contributed by atoms with Gasteiger partial charge in [0.25, 0.3) is 0 Å². The van der Waals surface area contributed by atoms with E-state index in [0.29, 0.717) is 16.9 Å². The number of hydrogen-bond acceptors (Lipinski definition) is 9. The highest BCUT2D eigenvalue weighted by Crippen LogP contribution is 2.37. The predicted molar refractivity (Wildman–Crippen MR) is 121 cm³/mol. The molecule has 0 saturated carbocycles. The van der Waals surface area contributed by atoms with Crippen molar-refractivity contribution in [1.29, 1.82) is 0 Å². The molecule has 3 heterocycles. The Bertz CT molecular complexity index is 1180. The molecule has 0 spiro atoms. The lowest BCUT2D eigenvalue weighted by Gasteiger charge is -2.19. The summed E-state index contributed by atoms with van der Waals surface area (Å²) in [4.78, 5) is 26.3. The van der Waals surface area contributed by atoms with E-state index < -0.39 is 44.5 Å². The van der Waals surface area contributed by atoms with E-state index in [0.717, 1.165) is 5.56 Å². The Hall–Kier alpha value is -2.12. The molecule has 1 aliphatic heterocycles. The van der Waals surface area contributed by atoms with Crippen molar-refractivity contribution in [1.82, 2.24) is 14.5 Å². The predicted octanol–water partition coefficient (Wildman–Crippen LogP) is 1.00. The minimum atomic E-state index is -4.38. The zero-order valence-electron chi connectivity index (χ0n) is 17.7. The summed E-state index contributed by atoms with van der Waals surface area (Å²) in [5.74, 6) is 0.353. The molecule has 0 aliphatic carbocycles. The molecule has 184 valence electrons. The fourth-order valence-corrected chi connectivity index (χ4v) is 4.30. The van der Waals surface area contributed by atoms with Gasteiger partial charge in [0, 0.05) is 6.20 Å². The topological polar surface area (TPSA) is 179 Å². The summed E-state index contributed by atoms with van der Waals surface area (Å²) < 4.78 is 23.1. The van der Waals surface area contributed by atoms with Crippen LogP contribution in [0.1, 0.15) is 17.8 Å². The van der Waals surface area contributed by atoms with Crippen molar-refractivity contribution in [3.05, 3.63) is 53.4 Å². The normalized spacial score (nSPS) is 23.9. The van der Waals surface area contributed by atoms with Gasteiger partial charge < -0.3 is 44.5 Å². The molecule has 1 unspecified atom stereocenters. The maximum absolute atomic E-state index is 11.0. The van der Waals surface area contributed by atoms with Crippen LogP contribution in [-0.4, -0.2) is 77.5 Å². The van der Waals surface area contributed by atoms with Crippen molar-refractivity contribution < 1.29 is 39.1 Å². The first-order chi connectivity index (χ1) is 16.2. The van der Waals surface area contributed by atoms with Crippen molar-refractivity contribution in [2.45, 2.75) is 30.6 Å². The number of ether oxygens (including phenoxy) is 2. The summed E-state index contributed by atoms with van der Waals surface area (Å²) in [6.07, 6.45) is -4.10. The van der Waals surface area contributed by atoms with Crippen molar-refractivity contribution in [3.8, 4) is 0 Å². The third kappa shape index (κ3) is 5.41. The Balaban J connectivity index is 1.59. The number of benzene rings is 1. The van der Waals surface area contributed by atoms with E-state index in [4.69, 9.17) is 30.9 Å². The average Bonchev–Trinajstić information content (AvgIpc) is 3.33. The number of hydrogen-bond donors (Lipinski definition) is 6. The van der Waals surface area contributed by atoms with E-state index in [-0.39, 0.29) is 18.5 Å². The Morgan fingerprint density at radius 3 is 2.59 bits per heavy atom. The van der Waals surface area contributed by atoms with Crippen LogP contribution >= 0.6 is 19.2 Å². The van der Waals surface area contributed by atoms with E-state index in [9.17, 15) is 19.9 Å². The van der Waals surface area contributed by atoms with Crippen LogP contribution in [0.5, 0.6) is 0 Å². The number of aliphatic hydroxyl groups excluding tert-OH is 3. The lowest BCUT2D eigenvalue weighted by Crippen LogP contribution is -2.33. The highest BCUT2D eigenvalue weighted by atomic mass is 35.5. The van der Waals surface area contributed by atoms with Crippen molar-refractivity contribution in [2.24, 2.45) is 0 Å². The molecule has 3 aromatic rings. The van der Waals surface area contributed by atoms with Crippen LogP contribution in [0.15, 0.2) is 42.6 Å². The average molecular weight is 515 g/mol. The summed E-state index contributed by atoms with van der Waals surface area (Å²) >= 11 is 6.15. The van der Waals surface area contributed by atoms with Gasteiger partial charge >= 0.3 is 7.60 Å². The van der Waals surface area contributed by atoms with Crippen LogP contribution in [0, 0.1) is 0 Å². The van der Waals surface area contributed by atoms with Crippen LogP contribution < -0.4 is 5.32 Å². The summed E-state index contributed by atoms with van der Waals surface area (Å²) in [5, 5.41) is 34.4. The van der Waals surface area contributed by atoms with Gasteiger partial charge in [0.05, 0.1) is 24.6 Å². The van der Waals surface area contributed by atoms with E-state index >= 15 is 0 Å². The van der Waals surface area contributed by atoms with Gasteiger partial charge in [-0.05, 0) is 23.2 Å². The second-order valence-corrected chi connectivity index (χ2v) is 9.73. The number of fused-ring (bicyclic) bond motifs is 1. The van der Waals surface area contributed by atoms with Crippen LogP contribution in [0.25, 0.3) is 11.0 Å². The van der Waals surface area contributed by atoms with E-state index in [1.807, 2.05) is 30.3 Å². The first-order valence-electron chi connectivity index (χ1n) is 10.3. The SMILES string of the molecule is O=P(O)(O)COC[C@H]1O[C@@H](n2ccc3c(NC(CO)c4ccccc4)nc(Cl)nc32)[C@H](O)[C@@H]1O. The van der Waals surface area contributed by atoms with Gasteiger partial charge in [-0.15, -0.1) is 0 Å². The smallest absolute Gasteiger partial charge is 0.350 e. The van der Waals surface area contributed by atoms with Crippen molar-refractivity contribution >= 4 is 36.0 Å². The Kier molecular flexibility index (Phi) is 7.53. The standard InChI is InChI=1S/C20H24ClN4O8P/c21-20-23-17(22-13(8-26)11-4-2-1-3-5-11)12-6-7-25(18(12)24-20)19-16(28)15(27)14(33-19)9-32-10-34(29,30)31/h1-7,13-16,19,26-28H,8-10H2,(H,22,23,24)(H2,29,30,31)/t13?,14-,15-,16-,19-/m1/s1. The van der Waals surface area contributed by atoms with Gasteiger partial charge in [0.2, 0.25) is 5.28 Å². The third-order valence-electron chi connectivity index (χ3n) is 5.39. The molecule has 12 nitrogen and oxygen atoms in total. The molecule has 6 N–H and O–H groups in total. The molecule has 4 rings (SSSR count). The molecule has 1 aromatic carbocycles. The minimum Gasteiger partial charge on any atom is -0.394 e. The van der Waals surface area contributed by atoms with E-state index in [2.05, 4.69) is 15.3 Å². The molecule has 0 amide bonds. The largest absolute Gasteiger partial charge is 0.394 e. The molecule has 14 heteroatoms. The molecule has 5 atom stereocenters. The molecule has 0 radical (unpaired) electrons. The van der Waals surface area contributed by atoms with Gasteiger partial charge in [-0.25, -0.2) is 4.98 Å². The monoisotopic (exact) mass is 514 g/mol. The number of nitrogens with zero attached hydrogens (tertiary/aromatic N) is 3. The third-order valence-corrected chi connectivity index (χ3v) is 6.08. The molecular formula is C20H24ClN4O8P. The van der Waals surface area contributed by atoms with Gasteiger partial charge in [-0.3, -0.25) is 4.57 Å². The second kappa shape index (κ2) is 10.2. The number of rotatable bonds is 9. The molecular weight excluding hydrogens is 491 g/mol. The van der Waals surface area contributed by atoms with E-state index in [1.165, 1.54) is 4.57 Å². The zero-order chi connectivity index (χ0) is 24.5. The van der Waals surface area contributed by atoms with Crippen LogP contribution in [0.2, 0.25) is 5.28 Å². The molecule has 2 aromatic heterocycles. The number of anilines is 1. The molecule has 1 aliphatic rings. The molecule has 1 saturated heterocycles. The fraction of sp³-hybridized carbons (Fsp3) is 0.400. The number of aliphatic hydroxyl groups is 3. The Morgan fingerprint density at radius 2 is 1.91 bits per heavy atom. The maximum Gasteiger partial charge on any atom is 0.350 e. The molecule has 34 heavy (non-hydrogen) atoms. The summed E-state index contributed by atoms with van der Waals surface area (Å²) in [7, 11) is -4.38. The van der Waals surface area contributed by atoms with Gasteiger partial charge in [-0.2, -0.15) is 4.98 Å². The minimum absolute atomic E-state index is 0.0886.